The molecule has 1 aliphatic heterocycles. The fraction of sp³-hybridized carbons (Fsp3) is 0.333. The van der Waals surface area contributed by atoms with Crippen molar-refractivity contribution >= 4 is 17.3 Å². The van der Waals surface area contributed by atoms with Crippen LogP contribution in [0.3, 0.4) is 0 Å². The van der Waals surface area contributed by atoms with Crippen LogP contribution in [0, 0.1) is 0 Å². The van der Waals surface area contributed by atoms with Gasteiger partial charge in [0.2, 0.25) is 0 Å². The molecule has 2 aromatic rings. The van der Waals surface area contributed by atoms with Gasteiger partial charge in [-0.05, 0) is 48.6 Å². The van der Waals surface area contributed by atoms with Gasteiger partial charge in [0.15, 0.2) is 0 Å². The van der Waals surface area contributed by atoms with E-state index < -0.39 is 0 Å². The zero-order chi connectivity index (χ0) is 14.7. The average Bonchev–Trinajstić information content (AvgIpc) is 2.53. The van der Waals surface area contributed by atoms with Crippen molar-refractivity contribution in [2.45, 2.75) is 32.4 Å². The Bertz CT molecular complexity index is 607. The Hall–Kier alpha value is -1.51. The summed E-state index contributed by atoms with van der Waals surface area (Å²) < 4.78 is 0. The van der Waals surface area contributed by atoms with E-state index in [1.54, 1.807) is 0 Å². The Morgan fingerprint density at radius 2 is 2.00 bits per heavy atom. The molecule has 0 aromatic heterocycles. The lowest BCUT2D eigenvalue weighted by molar-refractivity contribution is 0.574. The molecule has 2 aromatic carbocycles. The van der Waals surface area contributed by atoms with Gasteiger partial charge in [0.25, 0.3) is 0 Å². The molecule has 0 bridgehead atoms. The van der Waals surface area contributed by atoms with Gasteiger partial charge >= 0.3 is 0 Å². The van der Waals surface area contributed by atoms with Crippen LogP contribution in [-0.2, 0) is 13.0 Å². The standard InChI is InChI=1S/C18H21ClN2/c1-13(14-7-9-17(19)10-8-14)21-12-16-5-2-4-15-6-3-11-20-18(15)16/h2,4-5,7-10,13,20-21H,3,6,11-12H2,1H3. The van der Waals surface area contributed by atoms with Crippen LogP contribution in [0.25, 0.3) is 0 Å². The zero-order valence-corrected chi connectivity index (χ0v) is 13.1. The Labute approximate surface area is 131 Å². The minimum atomic E-state index is 0.307. The minimum Gasteiger partial charge on any atom is -0.385 e. The number of aryl methyl sites for hydroxylation is 1. The maximum absolute atomic E-state index is 5.94. The van der Waals surface area contributed by atoms with Crippen molar-refractivity contribution in [2.75, 3.05) is 11.9 Å². The van der Waals surface area contributed by atoms with Crippen molar-refractivity contribution in [1.29, 1.82) is 0 Å². The number of fused-ring (bicyclic) bond motifs is 1. The molecule has 3 heteroatoms. The number of rotatable bonds is 4. The van der Waals surface area contributed by atoms with E-state index in [9.17, 15) is 0 Å². The van der Waals surface area contributed by atoms with E-state index in [0.29, 0.717) is 6.04 Å². The third-order valence-corrected chi connectivity index (χ3v) is 4.38. The minimum absolute atomic E-state index is 0.307. The van der Waals surface area contributed by atoms with Crippen LogP contribution in [0.5, 0.6) is 0 Å². The van der Waals surface area contributed by atoms with Gasteiger partial charge in [-0.2, -0.15) is 0 Å². The monoisotopic (exact) mass is 300 g/mol. The topological polar surface area (TPSA) is 24.1 Å². The molecule has 2 N–H and O–H groups in total. The normalized spacial score (nSPS) is 15.1. The highest BCUT2D eigenvalue weighted by Crippen LogP contribution is 2.26. The van der Waals surface area contributed by atoms with Crippen molar-refractivity contribution in [2.24, 2.45) is 0 Å². The van der Waals surface area contributed by atoms with E-state index in [-0.39, 0.29) is 0 Å². The summed E-state index contributed by atoms with van der Waals surface area (Å²) in [6.07, 6.45) is 2.41. The molecule has 1 unspecified atom stereocenters. The van der Waals surface area contributed by atoms with Gasteiger partial charge in [-0.3, -0.25) is 0 Å². The Kier molecular flexibility index (Phi) is 4.47. The van der Waals surface area contributed by atoms with Gasteiger partial charge in [0.05, 0.1) is 0 Å². The second-order valence-electron chi connectivity index (χ2n) is 5.64. The summed E-state index contributed by atoms with van der Waals surface area (Å²) in [6, 6.07) is 15.0. The van der Waals surface area contributed by atoms with E-state index in [1.165, 1.54) is 35.2 Å². The van der Waals surface area contributed by atoms with Crippen molar-refractivity contribution in [3.05, 3.63) is 64.2 Å². The quantitative estimate of drug-likeness (QED) is 0.865. The lowest BCUT2D eigenvalue weighted by Gasteiger charge is -2.22. The maximum atomic E-state index is 5.94. The largest absolute Gasteiger partial charge is 0.385 e. The molecule has 0 spiro atoms. The summed E-state index contributed by atoms with van der Waals surface area (Å²) in [5, 5.41) is 7.93. The zero-order valence-electron chi connectivity index (χ0n) is 12.3. The van der Waals surface area contributed by atoms with E-state index >= 15 is 0 Å². The Balaban J connectivity index is 1.69. The molecular formula is C18H21ClN2. The number of benzene rings is 2. The number of hydrogen-bond donors (Lipinski definition) is 2. The highest BCUT2D eigenvalue weighted by molar-refractivity contribution is 6.30. The van der Waals surface area contributed by atoms with Gasteiger partial charge in [-0.15, -0.1) is 0 Å². The second kappa shape index (κ2) is 6.50. The van der Waals surface area contributed by atoms with E-state index in [2.05, 4.69) is 47.9 Å². The molecule has 0 fully saturated rings. The fourth-order valence-electron chi connectivity index (χ4n) is 2.86. The van der Waals surface area contributed by atoms with Crippen molar-refractivity contribution < 1.29 is 0 Å². The molecule has 1 aliphatic rings. The van der Waals surface area contributed by atoms with Crippen LogP contribution in [0.1, 0.15) is 36.1 Å². The summed E-state index contributed by atoms with van der Waals surface area (Å²) >= 11 is 5.94. The predicted molar refractivity (Wildman–Crippen MR) is 90.0 cm³/mol. The number of nitrogens with one attached hydrogen (secondary N) is 2. The highest BCUT2D eigenvalue weighted by Gasteiger charge is 2.13. The molecule has 1 heterocycles. The molecule has 0 saturated carbocycles. The molecule has 2 nitrogen and oxygen atoms in total. The molecule has 3 rings (SSSR count). The number of halogens is 1. The molecule has 0 radical (unpaired) electrons. The first-order valence-electron chi connectivity index (χ1n) is 7.57. The van der Waals surface area contributed by atoms with Crippen LogP contribution in [0.15, 0.2) is 42.5 Å². The highest BCUT2D eigenvalue weighted by atomic mass is 35.5. The first-order chi connectivity index (χ1) is 10.2. The summed E-state index contributed by atoms with van der Waals surface area (Å²) in [4.78, 5) is 0. The average molecular weight is 301 g/mol. The van der Waals surface area contributed by atoms with Crippen LogP contribution >= 0.6 is 11.6 Å². The van der Waals surface area contributed by atoms with Gasteiger partial charge in [0.1, 0.15) is 0 Å². The summed E-state index contributed by atoms with van der Waals surface area (Å²) in [5.41, 5.74) is 5.39. The molecular weight excluding hydrogens is 280 g/mol. The lowest BCUT2D eigenvalue weighted by atomic mass is 9.99. The van der Waals surface area contributed by atoms with Crippen LogP contribution in [-0.4, -0.2) is 6.54 Å². The Morgan fingerprint density at radius 3 is 2.81 bits per heavy atom. The molecule has 1 atom stereocenters. The molecule has 0 amide bonds. The van der Waals surface area contributed by atoms with Gasteiger partial charge in [0, 0.05) is 29.8 Å². The maximum Gasteiger partial charge on any atom is 0.0418 e. The van der Waals surface area contributed by atoms with Crippen molar-refractivity contribution in [3.8, 4) is 0 Å². The van der Waals surface area contributed by atoms with Crippen molar-refractivity contribution in [1.82, 2.24) is 5.32 Å². The fourth-order valence-corrected chi connectivity index (χ4v) is 2.99. The first kappa shape index (κ1) is 14.4. The summed E-state index contributed by atoms with van der Waals surface area (Å²) in [6.45, 7) is 4.14. The summed E-state index contributed by atoms with van der Waals surface area (Å²) in [5.74, 6) is 0. The smallest absolute Gasteiger partial charge is 0.0418 e. The molecule has 0 saturated heterocycles. The molecule has 21 heavy (non-hydrogen) atoms. The number of anilines is 1. The third-order valence-electron chi connectivity index (χ3n) is 4.13. The predicted octanol–water partition coefficient (Wildman–Crippen LogP) is 4.55. The van der Waals surface area contributed by atoms with E-state index in [0.717, 1.165) is 18.1 Å². The molecule has 110 valence electrons. The first-order valence-corrected chi connectivity index (χ1v) is 7.95. The number of para-hydroxylation sites is 1. The summed E-state index contributed by atoms with van der Waals surface area (Å²) in [7, 11) is 0. The molecule has 0 aliphatic carbocycles. The number of hydrogen-bond acceptors (Lipinski definition) is 2. The van der Waals surface area contributed by atoms with E-state index in [4.69, 9.17) is 11.6 Å². The third kappa shape index (κ3) is 3.39. The van der Waals surface area contributed by atoms with Gasteiger partial charge in [-0.1, -0.05) is 41.9 Å². The van der Waals surface area contributed by atoms with Crippen LogP contribution < -0.4 is 10.6 Å². The van der Waals surface area contributed by atoms with E-state index in [1.807, 2.05) is 12.1 Å². The van der Waals surface area contributed by atoms with Crippen molar-refractivity contribution in [3.63, 3.8) is 0 Å². The lowest BCUT2D eigenvalue weighted by Crippen LogP contribution is -2.21. The van der Waals surface area contributed by atoms with Crippen LogP contribution in [0.4, 0.5) is 5.69 Å². The Morgan fingerprint density at radius 1 is 1.19 bits per heavy atom. The van der Waals surface area contributed by atoms with Crippen LogP contribution in [0.2, 0.25) is 5.02 Å². The SMILES string of the molecule is CC(NCc1cccc2c1NCCC2)c1ccc(Cl)cc1. The van der Waals surface area contributed by atoms with Gasteiger partial charge in [-0.25, -0.2) is 0 Å². The van der Waals surface area contributed by atoms with Gasteiger partial charge < -0.3 is 10.6 Å². The second-order valence-corrected chi connectivity index (χ2v) is 6.07.